The number of benzene rings is 2. The number of hydrogen-bond donors (Lipinski definition) is 1. The van der Waals surface area contributed by atoms with Gasteiger partial charge in [0.15, 0.2) is 0 Å². The molecule has 0 spiro atoms. The molecule has 1 N–H and O–H groups in total. The standard InChI is InChI=1S/C23H26BrClN2O2/c1-16(23(29)26-21-10-2-3-11-21)27(15-18-7-4-8-19(24)12-18)22(28)14-17-6-5-9-20(25)13-17/h4-9,12-13,16,21H,2-3,10-11,14-15H2,1H3,(H,26,29). The molecule has 1 aliphatic rings. The fourth-order valence-electron chi connectivity index (χ4n) is 3.73. The molecular weight excluding hydrogens is 452 g/mol. The first-order valence-corrected chi connectivity index (χ1v) is 11.2. The number of nitrogens with zero attached hydrogens (tertiary/aromatic N) is 1. The Bertz CT molecular complexity index is 867. The van der Waals surface area contributed by atoms with Crippen LogP contribution in [-0.2, 0) is 22.6 Å². The fraction of sp³-hybridized carbons (Fsp3) is 0.391. The summed E-state index contributed by atoms with van der Waals surface area (Å²) >= 11 is 9.55. The molecule has 1 aliphatic carbocycles. The van der Waals surface area contributed by atoms with Crippen LogP contribution >= 0.6 is 27.5 Å². The largest absolute Gasteiger partial charge is 0.352 e. The minimum Gasteiger partial charge on any atom is -0.352 e. The predicted octanol–water partition coefficient (Wildman–Crippen LogP) is 5.12. The third-order valence-corrected chi connectivity index (χ3v) is 6.08. The SMILES string of the molecule is CC(C(=O)NC1CCCC1)N(Cc1cccc(Br)c1)C(=O)Cc1cccc(Cl)c1. The molecule has 2 aromatic carbocycles. The molecule has 6 heteroatoms. The van der Waals surface area contributed by atoms with Gasteiger partial charge in [-0.3, -0.25) is 9.59 Å². The van der Waals surface area contributed by atoms with Crippen molar-refractivity contribution in [2.45, 2.75) is 57.7 Å². The average Bonchev–Trinajstić information content (AvgIpc) is 3.18. The number of nitrogens with one attached hydrogen (secondary N) is 1. The summed E-state index contributed by atoms with van der Waals surface area (Å²) in [6, 6.07) is 14.8. The van der Waals surface area contributed by atoms with Crippen molar-refractivity contribution in [2.75, 3.05) is 0 Å². The molecular formula is C23H26BrClN2O2. The Labute approximate surface area is 185 Å². The Balaban J connectivity index is 1.77. The molecule has 1 unspecified atom stereocenters. The van der Waals surface area contributed by atoms with E-state index in [4.69, 9.17) is 11.6 Å². The van der Waals surface area contributed by atoms with Gasteiger partial charge in [-0.2, -0.15) is 0 Å². The highest BCUT2D eigenvalue weighted by Gasteiger charge is 2.28. The molecule has 0 aromatic heterocycles. The second kappa shape index (κ2) is 10.3. The van der Waals surface area contributed by atoms with Crippen molar-refractivity contribution in [1.82, 2.24) is 10.2 Å². The van der Waals surface area contributed by atoms with E-state index in [9.17, 15) is 9.59 Å². The molecule has 0 heterocycles. The smallest absolute Gasteiger partial charge is 0.242 e. The first kappa shape index (κ1) is 21.8. The van der Waals surface area contributed by atoms with E-state index >= 15 is 0 Å². The van der Waals surface area contributed by atoms with Gasteiger partial charge in [-0.15, -0.1) is 0 Å². The quantitative estimate of drug-likeness (QED) is 0.601. The van der Waals surface area contributed by atoms with Gasteiger partial charge >= 0.3 is 0 Å². The molecule has 0 bridgehead atoms. The molecule has 1 saturated carbocycles. The maximum Gasteiger partial charge on any atom is 0.242 e. The van der Waals surface area contributed by atoms with Crippen LogP contribution in [0.2, 0.25) is 5.02 Å². The fourth-order valence-corrected chi connectivity index (χ4v) is 4.39. The van der Waals surface area contributed by atoms with Crippen molar-refractivity contribution in [1.29, 1.82) is 0 Å². The summed E-state index contributed by atoms with van der Waals surface area (Å²) in [5.41, 5.74) is 1.81. The molecule has 0 radical (unpaired) electrons. The second-order valence-corrected chi connectivity index (χ2v) is 8.98. The van der Waals surface area contributed by atoms with Gasteiger partial charge in [0.1, 0.15) is 6.04 Å². The van der Waals surface area contributed by atoms with Gasteiger partial charge in [-0.05, 0) is 55.2 Å². The summed E-state index contributed by atoms with van der Waals surface area (Å²) in [5.74, 6) is -0.187. The summed E-state index contributed by atoms with van der Waals surface area (Å²) < 4.78 is 0.945. The van der Waals surface area contributed by atoms with Gasteiger partial charge in [0, 0.05) is 22.1 Å². The summed E-state index contributed by atoms with van der Waals surface area (Å²) in [7, 11) is 0. The van der Waals surface area contributed by atoms with E-state index in [1.807, 2.05) is 36.4 Å². The normalized spacial score (nSPS) is 15.1. The van der Waals surface area contributed by atoms with Gasteiger partial charge in [0.2, 0.25) is 11.8 Å². The minimum atomic E-state index is -0.554. The van der Waals surface area contributed by atoms with Gasteiger partial charge in [0.05, 0.1) is 6.42 Å². The van der Waals surface area contributed by atoms with Gasteiger partial charge in [-0.1, -0.05) is 64.6 Å². The van der Waals surface area contributed by atoms with Crippen LogP contribution in [0.4, 0.5) is 0 Å². The van der Waals surface area contributed by atoms with E-state index in [0.29, 0.717) is 11.6 Å². The van der Waals surface area contributed by atoms with Crippen LogP contribution in [0, 0.1) is 0 Å². The second-order valence-electron chi connectivity index (χ2n) is 7.62. The number of hydrogen-bond acceptors (Lipinski definition) is 2. The van der Waals surface area contributed by atoms with Crippen molar-refractivity contribution in [3.63, 3.8) is 0 Å². The molecule has 0 saturated heterocycles. The summed E-state index contributed by atoms with van der Waals surface area (Å²) in [6.07, 6.45) is 4.53. The lowest BCUT2D eigenvalue weighted by Crippen LogP contribution is -2.50. The molecule has 29 heavy (non-hydrogen) atoms. The lowest BCUT2D eigenvalue weighted by atomic mass is 10.1. The van der Waals surface area contributed by atoms with Crippen molar-refractivity contribution < 1.29 is 9.59 Å². The van der Waals surface area contributed by atoms with E-state index in [1.165, 1.54) is 0 Å². The molecule has 154 valence electrons. The average molecular weight is 478 g/mol. The summed E-state index contributed by atoms with van der Waals surface area (Å²) in [6.45, 7) is 2.18. The zero-order chi connectivity index (χ0) is 20.8. The van der Waals surface area contributed by atoms with E-state index in [0.717, 1.165) is 41.3 Å². The molecule has 2 amide bonds. The summed E-state index contributed by atoms with van der Waals surface area (Å²) in [4.78, 5) is 27.7. The Kier molecular flexibility index (Phi) is 7.73. The molecule has 0 aliphatic heterocycles. The predicted molar refractivity (Wildman–Crippen MR) is 120 cm³/mol. The third-order valence-electron chi connectivity index (χ3n) is 5.36. The van der Waals surface area contributed by atoms with Crippen LogP contribution in [0.15, 0.2) is 53.0 Å². The van der Waals surface area contributed by atoms with Crippen molar-refractivity contribution in [3.05, 3.63) is 69.2 Å². The first-order valence-electron chi connectivity index (χ1n) is 10.0. The van der Waals surface area contributed by atoms with Crippen LogP contribution in [0.25, 0.3) is 0 Å². The molecule has 3 rings (SSSR count). The molecule has 2 aromatic rings. The zero-order valence-corrected chi connectivity index (χ0v) is 18.9. The Morgan fingerprint density at radius 2 is 1.83 bits per heavy atom. The van der Waals surface area contributed by atoms with Gasteiger partial charge in [-0.25, -0.2) is 0 Å². The molecule has 1 atom stereocenters. The van der Waals surface area contributed by atoms with E-state index in [1.54, 1.807) is 24.0 Å². The highest BCUT2D eigenvalue weighted by atomic mass is 79.9. The van der Waals surface area contributed by atoms with E-state index in [-0.39, 0.29) is 24.3 Å². The van der Waals surface area contributed by atoms with Crippen LogP contribution in [0.1, 0.15) is 43.7 Å². The van der Waals surface area contributed by atoms with Crippen LogP contribution < -0.4 is 5.32 Å². The van der Waals surface area contributed by atoms with Crippen LogP contribution in [0.5, 0.6) is 0 Å². The van der Waals surface area contributed by atoms with Crippen molar-refractivity contribution in [2.24, 2.45) is 0 Å². The molecule has 1 fully saturated rings. The maximum atomic E-state index is 13.2. The minimum absolute atomic E-state index is 0.0914. The zero-order valence-electron chi connectivity index (χ0n) is 16.5. The number of carbonyl (C=O) groups is 2. The number of carbonyl (C=O) groups excluding carboxylic acids is 2. The van der Waals surface area contributed by atoms with Crippen molar-refractivity contribution in [3.8, 4) is 0 Å². The highest BCUT2D eigenvalue weighted by Crippen LogP contribution is 2.20. The third kappa shape index (κ3) is 6.31. The van der Waals surface area contributed by atoms with Crippen molar-refractivity contribution >= 4 is 39.3 Å². The maximum absolute atomic E-state index is 13.2. The Morgan fingerprint density at radius 1 is 1.14 bits per heavy atom. The van der Waals surface area contributed by atoms with E-state index < -0.39 is 6.04 Å². The number of halogens is 2. The topological polar surface area (TPSA) is 49.4 Å². The van der Waals surface area contributed by atoms with Gasteiger partial charge < -0.3 is 10.2 Å². The van der Waals surface area contributed by atoms with Crippen LogP contribution in [-0.4, -0.2) is 28.8 Å². The monoisotopic (exact) mass is 476 g/mol. The number of amides is 2. The lowest BCUT2D eigenvalue weighted by Gasteiger charge is -2.30. The summed E-state index contributed by atoms with van der Waals surface area (Å²) in [5, 5.41) is 3.72. The van der Waals surface area contributed by atoms with Gasteiger partial charge in [0.25, 0.3) is 0 Å². The molecule has 4 nitrogen and oxygen atoms in total. The van der Waals surface area contributed by atoms with Crippen LogP contribution in [0.3, 0.4) is 0 Å². The first-order chi connectivity index (χ1) is 13.9. The lowest BCUT2D eigenvalue weighted by molar-refractivity contribution is -0.140. The highest BCUT2D eigenvalue weighted by molar-refractivity contribution is 9.10. The Hall–Kier alpha value is -1.85. The Morgan fingerprint density at radius 3 is 2.52 bits per heavy atom. The number of rotatable bonds is 7. The van der Waals surface area contributed by atoms with E-state index in [2.05, 4.69) is 21.2 Å².